The van der Waals surface area contributed by atoms with E-state index in [-0.39, 0.29) is 12.6 Å². The number of aliphatic hydroxyl groups excluding tert-OH is 1. The number of carbonyl (C=O) groups excluding carboxylic acids is 1. The van der Waals surface area contributed by atoms with E-state index in [0.717, 1.165) is 19.3 Å². The summed E-state index contributed by atoms with van der Waals surface area (Å²) in [7, 11) is 0. The number of ether oxygens (including phenoxy) is 2. The molecule has 0 heterocycles. The predicted molar refractivity (Wildman–Crippen MR) is 233 cm³/mol. The second kappa shape index (κ2) is 47.0. The number of carbonyl (C=O) groups is 1. The van der Waals surface area contributed by atoms with Gasteiger partial charge in [-0.1, -0.05) is 212 Å². The molecule has 4 nitrogen and oxygen atoms in total. The van der Waals surface area contributed by atoms with Gasteiger partial charge in [0.1, 0.15) is 6.10 Å². The normalized spacial score (nSPS) is 12.4. The molecular formula is C49H94O4. The molecule has 0 saturated heterocycles. The van der Waals surface area contributed by atoms with Crippen LogP contribution in [0.5, 0.6) is 0 Å². The van der Waals surface area contributed by atoms with E-state index < -0.39 is 6.10 Å². The van der Waals surface area contributed by atoms with E-state index in [1.165, 1.54) is 218 Å². The molecule has 0 aromatic carbocycles. The van der Waals surface area contributed by atoms with E-state index in [9.17, 15) is 9.90 Å². The topological polar surface area (TPSA) is 55.8 Å². The summed E-state index contributed by atoms with van der Waals surface area (Å²) in [6, 6.07) is 0. The van der Waals surface area contributed by atoms with E-state index in [1.54, 1.807) is 0 Å². The average Bonchev–Trinajstić information content (AvgIpc) is 3.16. The molecule has 0 aliphatic rings. The van der Waals surface area contributed by atoms with E-state index in [4.69, 9.17) is 9.47 Å². The molecule has 0 aliphatic heterocycles. The Morgan fingerprint density at radius 3 is 1.08 bits per heavy atom. The molecule has 0 amide bonds. The monoisotopic (exact) mass is 747 g/mol. The highest BCUT2D eigenvalue weighted by Crippen LogP contribution is 2.15. The van der Waals surface area contributed by atoms with Gasteiger partial charge in [-0.25, -0.2) is 0 Å². The fourth-order valence-electron chi connectivity index (χ4n) is 7.14. The van der Waals surface area contributed by atoms with Gasteiger partial charge in [0.05, 0.1) is 13.2 Å². The lowest BCUT2D eigenvalue weighted by Crippen LogP contribution is -2.27. The van der Waals surface area contributed by atoms with Crippen molar-refractivity contribution < 1.29 is 19.4 Å². The lowest BCUT2D eigenvalue weighted by Gasteiger charge is -2.16. The molecule has 1 unspecified atom stereocenters. The highest BCUT2D eigenvalue weighted by atomic mass is 16.6. The second-order valence-corrected chi connectivity index (χ2v) is 16.2. The third-order valence-electron chi connectivity index (χ3n) is 10.7. The largest absolute Gasteiger partial charge is 0.457 e. The van der Waals surface area contributed by atoms with Gasteiger partial charge in [-0.05, 0) is 64.2 Å². The Kier molecular flexibility index (Phi) is 46.0. The number of unbranched alkanes of at least 4 members (excludes halogenated alkanes) is 33. The van der Waals surface area contributed by atoms with Crippen molar-refractivity contribution in [1.82, 2.24) is 0 Å². The number of hydrogen-bond acceptors (Lipinski definition) is 4. The van der Waals surface area contributed by atoms with Crippen LogP contribution in [0, 0.1) is 0 Å². The molecule has 314 valence electrons. The fraction of sp³-hybridized carbons (Fsp3) is 0.898. The van der Waals surface area contributed by atoms with Crippen LogP contribution in [0.2, 0.25) is 0 Å². The molecule has 53 heavy (non-hydrogen) atoms. The van der Waals surface area contributed by atoms with Crippen LogP contribution in [-0.4, -0.2) is 37.0 Å². The van der Waals surface area contributed by atoms with Crippen molar-refractivity contribution in [2.75, 3.05) is 19.8 Å². The summed E-state index contributed by atoms with van der Waals surface area (Å²) in [5.41, 5.74) is 0. The standard InChI is InChI=1S/C49H94O4/c1-3-5-7-9-11-13-15-17-19-21-23-24-25-26-27-28-30-32-34-36-38-40-42-44-49(51)53-48(46-50)47-52-45-43-41-39-37-35-33-31-29-22-20-18-16-14-12-10-8-6-4-2/h18,20-21,23,48,50H,3-17,19,22,24-47H2,1-2H3/b20-18-,23-21-. The highest BCUT2D eigenvalue weighted by molar-refractivity contribution is 5.69. The summed E-state index contributed by atoms with van der Waals surface area (Å²) in [5, 5.41) is 9.63. The molecule has 0 spiro atoms. The van der Waals surface area contributed by atoms with Crippen LogP contribution >= 0.6 is 0 Å². The summed E-state index contributed by atoms with van der Waals surface area (Å²) in [6.07, 6.45) is 58.3. The second-order valence-electron chi connectivity index (χ2n) is 16.2. The Hall–Kier alpha value is -1.13. The number of esters is 1. The third-order valence-corrected chi connectivity index (χ3v) is 10.7. The van der Waals surface area contributed by atoms with Gasteiger partial charge in [0.2, 0.25) is 0 Å². The summed E-state index contributed by atoms with van der Waals surface area (Å²) >= 11 is 0. The van der Waals surface area contributed by atoms with Crippen molar-refractivity contribution in [3.63, 3.8) is 0 Å². The van der Waals surface area contributed by atoms with Gasteiger partial charge >= 0.3 is 5.97 Å². The van der Waals surface area contributed by atoms with Crippen molar-refractivity contribution in [3.05, 3.63) is 24.3 Å². The van der Waals surface area contributed by atoms with Gasteiger partial charge in [-0.15, -0.1) is 0 Å². The average molecular weight is 747 g/mol. The van der Waals surface area contributed by atoms with Crippen molar-refractivity contribution in [3.8, 4) is 0 Å². The van der Waals surface area contributed by atoms with Crippen LogP contribution in [0.15, 0.2) is 24.3 Å². The molecule has 4 heteroatoms. The van der Waals surface area contributed by atoms with Gasteiger partial charge < -0.3 is 14.6 Å². The molecule has 0 aliphatic carbocycles. The van der Waals surface area contributed by atoms with Crippen LogP contribution < -0.4 is 0 Å². The van der Waals surface area contributed by atoms with Crippen LogP contribution in [0.3, 0.4) is 0 Å². The maximum atomic E-state index is 12.2. The maximum Gasteiger partial charge on any atom is 0.306 e. The van der Waals surface area contributed by atoms with Crippen molar-refractivity contribution in [2.45, 2.75) is 264 Å². The molecule has 0 aromatic rings. The smallest absolute Gasteiger partial charge is 0.306 e. The maximum absolute atomic E-state index is 12.2. The number of aliphatic hydroxyl groups is 1. The highest BCUT2D eigenvalue weighted by Gasteiger charge is 2.13. The van der Waals surface area contributed by atoms with Gasteiger partial charge in [0.25, 0.3) is 0 Å². The van der Waals surface area contributed by atoms with Crippen LogP contribution in [0.4, 0.5) is 0 Å². The molecule has 0 bridgehead atoms. The molecule has 1 atom stereocenters. The summed E-state index contributed by atoms with van der Waals surface area (Å²) in [5.74, 6) is -0.198. The minimum absolute atomic E-state index is 0.170. The first kappa shape index (κ1) is 51.9. The van der Waals surface area contributed by atoms with E-state index in [2.05, 4.69) is 38.2 Å². The van der Waals surface area contributed by atoms with E-state index in [0.29, 0.717) is 19.6 Å². The minimum Gasteiger partial charge on any atom is -0.457 e. The first-order chi connectivity index (χ1) is 26.2. The lowest BCUT2D eigenvalue weighted by molar-refractivity contribution is -0.154. The predicted octanol–water partition coefficient (Wildman–Crippen LogP) is 15.9. The minimum atomic E-state index is -0.533. The van der Waals surface area contributed by atoms with Crippen molar-refractivity contribution >= 4 is 5.97 Å². The van der Waals surface area contributed by atoms with E-state index >= 15 is 0 Å². The zero-order valence-electron chi connectivity index (χ0n) is 36.1. The molecule has 0 saturated carbocycles. The van der Waals surface area contributed by atoms with Gasteiger partial charge in [0.15, 0.2) is 0 Å². The Bertz CT molecular complexity index is 747. The van der Waals surface area contributed by atoms with Crippen LogP contribution in [0.1, 0.15) is 258 Å². The summed E-state index contributed by atoms with van der Waals surface area (Å²) in [6.45, 7) is 5.37. The van der Waals surface area contributed by atoms with Gasteiger partial charge in [-0.3, -0.25) is 4.79 Å². The van der Waals surface area contributed by atoms with Gasteiger partial charge in [-0.2, -0.15) is 0 Å². The lowest BCUT2D eigenvalue weighted by atomic mass is 10.0. The Labute approximate surface area is 332 Å². The number of rotatable bonds is 45. The Morgan fingerprint density at radius 2 is 0.736 bits per heavy atom. The summed E-state index contributed by atoms with van der Waals surface area (Å²) in [4.78, 5) is 12.2. The van der Waals surface area contributed by atoms with Gasteiger partial charge in [0, 0.05) is 13.0 Å². The molecule has 0 aromatic heterocycles. The summed E-state index contributed by atoms with van der Waals surface area (Å²) < 4.78 is 11.2. The first-order valence-corrected chi connectivity index (χ1v) is 23.9. The SMILES string of the molecule is CCCCCCCC/C=C\CCCCCCCCCCOCC(CO)OC(=O)CCCCCCCCCCCCC/C=C\CCCCCCCCCC. The molecular weight excluding hydrogens is 653 g/mol. The Balaban J connectivity index is 3.38. The zero-order valence-corrected chi connectivity index (χ0v) is 36.1. The zero-order chi connectivity index (χ0) is 38.4. The van der Waals surface area contributed by atoms with E-state index in [1.807, 2.05) is 0 Å². The quantitative estimate of drug-likeness (QED) is 0.0383. The molecule has 1 N–H and O–H groups in total. The first-order valence-electron chi connectivity index (χ1n) is 23.9. The third kappa shape index (κ3) is 45.2. The number of hydrogen-bond donors (Lipinski definition) is 1. The molecule has 0 fully saturated rings. The molecule has 0 rings (SSSR count). The number of allylic oxidation sites excluding steroid dienone is 4. The van der Waals surface area contributed by atoms with Crippen LogP contribution in [0.25, 0.3) is 0 Å². The van der Waals surface area contributed by atoms with Crippen molar-refractivity contribution in [1.29, 1.82) is 0 Å². The molecule has 0 radical (unpaired) electrons. The Morgan fingerprint density at radius 1 is 0.434 bits per heavy atom. The fourth-order valence-corrected chi connectivity index (χ4v) is 7.14. The van der Waals surface area contributed by atoms with Crippen LogP contribution in [-0.2, 0) is 14.3 Å². The van der Waals surface area contributed by atoms with Crippen molar-refractivity contribution in [2.24, 2.45) is 0 Å².